The fourth-order valence-corrected chi connectivity index (χ4v) is 2.83. The van der Waals surface area contributed by atoms with Crippen molar-refractivity contribution in [3.05, 3.63) is 58.9 Å². The van der Waals surface area contributed by atoms with Crippen LogP contribution in [0.3, 0.4) is 0 Å². The van der Waals surface area contributed by atoms with Gasteiger partial charge in [-0.2, -0.15) is 0 Å². The van der Waals surface area contributed by atoms with Gasteiger partial charge in [-0.25, -0.2) is 20.0 Å². The summed E-state index contributed by atoms with van der Waals surface area (Å²) in [5, 5.41) is 1.04. The van der Waals surface area contributed by atoms with Crippen LogP contribution in [0, 0.1) is 6.92 Å². The van der Waals surface area contributed by atoms with Crippen LogP contribution in [0.5, 0.6) is 0 Å². The fraction of sp³-hybridized carbons (Fsp3) is 0.458. The molecule has 0 saturated carbocycles. The lowest BCUT2D eigenvalue weighted by Gasteiger charge is -2.29. The zero-order valence-electron chi connectivity index (χ0n) is 20.1. The van der Waals surface area contributed by atoms with Crippen molar-refractivity contribution in [3.8, 4) is 0 Å². The number of nitrogens with zero attached hydrogens (tertiary/aromatic N) is 2. The van der Waals surface area contributed by atoms with E-state index in [-0.39, 0.29) is 12.3 Å². The minimum atomic E-state index is -0.784. The second-order valence-corrected chi connectivity index (χ2v) is 9.64. The van der Waals surface area contributed by atoms with Gasteiger partial charge in [0.1, 0.15) is 11.2 Å². The third-order valence-corrected chi connectivity index (χ3v) is 4.33. The number of aryl methyl sites for hydroxylation is 1. The molecular weight excluding hydrogens is 410 g/mol. The Hall–Kier alpha value is -3.29. The first-order valence-corrected chi connectivity index (χ1v) is 10.4. The number of carbonyl (C=O) groups is 3. The Balaban J connectivity index is 2.26. The summed E-state index contributed by atoms with van der Waals surface area (Å²) in [6.45, 7) is 12.3. The van der Waals surface area contributed by atoms with Gasteiger partial charge in [0.2, 0.25) is 5.78 Å². The average Bonchev–Trinajstić information content (AvgIpc) is 2.98. The second-order valence-electron chi connectivity index (χ2n) is 9.64. The second kappa shape index (κ2) is 9.46. The molecule has 2 aromatic rings. The zero-order valence-corrected chi connectivity index (χ0v) is 20.1. The number of benzene rings is 1. The third-order valence-electron chi connectivity index (χ3n) is 4.33. The smallest absolute Gasteiger partial charge is 0.429 e. The number of amides is 2. The van der Waals surface area contributed by atoms with Crippen molar-refractivity contribution >= 4 is 18.0 Å². The average molecular weight is 444 g/mol. The van der Waals surface area contributed by atoms with Crippen LogP contribution >= 0.6 is 0 Å². The molecule has 1 aromatic carbocycles. The van der Waals surface area contributed by atoms with Gasteiger partial charge in [-0.3, -0.25) is 4.79 Å². The van der Waals surface area contributed by atoms with Gasteiger partial charge in [-0.05, 0) is 60.6 Å². The molecule has 1 heterocycles. The molecule has 8 heteroatoms. The van der Waals surface area contributed by atoms with Crippen LogP contribution in [0.15, 0.2) is 36.4 Å². The molecule has 0 unspecified atom stereocenters. The summed E-state index contributed by atoms with van der Waals surface area (Å²) in [6, 6.07) is 10.7. The van der Waals surface area contributed by atoms with Gasteiger partial charge in [-0.15, -0.1) is 0 Å². The SMILES string of the molecule is Cc1ccc(C(=O)c2ccc(CN(NC(=O)OC(C)(C)C)C(=O)OC(C)(C)C)n2C)cc1. The predicted octanol–water partition coefficient (Wildman–Crippen LogP) is 4.74. The Labute approximate surface area is 189 Å². The molecule has 1 N–H and O–H groups in total. The standard InChI is InChI=1S/C24H33N3O5/c1-16-9-11-17(12-10-16)20(28)19-14-13-18(26(19)8)15-27(22(30)32-24(5,6)7)25-21(29)31-23(2,3)4/h9-14H,15H2,1-8H3,(H,25,29). The lowest BCUT2D eigenvalue weighted by atomic mass is 10.1. The molecule has 0 aliphatic carbocycles. The van der Waals surface area contributed by atoms with Gasteiger partial charge < -0.3 is 14.0 Å². The molecule has 8 nitrogen and oxygen atoms in total. The largest absolute Gasteiger partial charge is 0.443 e. The van der Waals surface area contributed by atoms with Crippen LogP contribution in [-0.2, 0) is 23.1 Å². The third kappa shape index (κ3) is 7.14. The minimum absolute atomic E-state index is 0.0220. The lowest BCUT2D eigenvalue weighted by Crippen LogP contribution is -2.49. The molecule has 2 amide bonds. The molecule has 0 spiro atoms. The van der Waals surface area contributed by atoms with E-state index >= 15 is 0 Å². The Morgan fingerprint density at radius 1 is 0.906 bits per heavy atom. The summed E-state index contributed by atoms with van der Waals surface area (Å²) in [5.74, 6) is -0.136. The normalized spacial score (nSPS) is 11.6. The van der Waals surface area contributed by atoms with E-state index in [9.17, 15) is 14.4 Å². The number of aromatic nitrogens is 1. The van der Waals surface area contributed by atoms with Crippen molar-refractivity contribution in [1.82, 2.24) is 15.0 Å². The fourth-order valence-electron chi connectivity index (χ4n) is 2.83. The van der Waals surface area contributed by atoms with Crippen molar-refractivity contribution < 1.29 is 23.9 Å². The summed E-state index contributed by atoms with van der Waals surface area (Å²) in [7, 11) is 1.73. The van der Waals surface area contributed by atoms with Gasteiger partial charge >= 0.3 is 12.2 Å². The summed E-state index contributed by atoms with van der Waals surface area (Å²) in [6.07, 6.45) is -1.52. The molecule has 174 valence electrons. The van der Waals surface area contributed by atoms with Crippen LogP contribution in [0.4, 0.5) is 9.59 Å². The first-order valence-electron chi connectivity index (χ1n) is 10.4. The number of rotatable bonds is 4. The summed E-state index contributed by atoms with van der Waals surface area (Å²) in [5.41, 5.74) is 3.68. The van der Waals surface area contributed by atoms with Gasteiger partial charge in [-0.1, -0.05) is 29.8 Å². The molecule has 0 bridgehead atoms. The number of ketones is 1. The minimum Gasteiger partial charge on any atom is -0.443 e. The van der Waals surface area contributed by atoms with E-state index in [1.54, 1.807) is 77.4 Å². The highest BCUT2D eigenvalue weighted by Gasteiger charge is 2.27. The maximum absolute atomic E-state index is 12.9. The number of ether oxygens (including phenoxy) is 2. The highest BCUT2D eigenvalue weighted by molar-refractivity contribution is 6.08. The Kier molecular flexibility index (Phi) is 7.38. The number of carbonyl (C=O) groups excluding carboxylic acids is 3. The number of hydrogen-bond acceptors (Lipinski definition) is 5. The van der Waals surface area contributed by atoms with E-state index < -0.39 is 23.4 Å². The van der Waals surface area contributed by atoms with Crippen molar-refractivity contribution in [1.29, 1.82) is 0 Å². The summed E-state index contributed by atoms with van der Waals surface area (Å²) < 4.78 is 12.4. The van der Waals surface area contributed by atoms with E-state index in [2.05, 4.69) is 5.43 Å². The molecule has 0 aliphatic heterocycles. The number of hydrogen-bond donors (Lipinski definition) is 1. The Bertz CT molecular complexity index is 979. The van der Waals surface area contributed by atoms with Gasteiger partial charge in [0.25, 0.3) is 0 Å². The Morgan fingerprint density at radius 3 is 2.00 bits per heavy atom. The molecule has 0 fully saturated rings. The molecule has 0 atom stereocenters. The number of nitrogens with one attached hydrogen (secondary N) is 1. The van der Waals surface area contributed by atoms with E-state index in [0.29, 0.717) is 17.0 Å². The first kappa shape index (κ1) is 25.0. The maximum Gasteiger partial charge on any atom is 0.429 e. The summed E-state index contributed by atoms with van der Waals surface area (Å²) >= 11 is 0. The topological polar surface area (TPSA) is 89.9 Å². The van der Waals surface area contributed by atoms with Gasteiger partial charge in [0, 0.05) is 18.3 Å². The molecule has 0 aliphatic rings. The van der Waals surface area contributed by atoms with E-state index in [1.165, 1.54) is 0 Å². The van der Waals surface area contributed by atoms with Crippen molar-refractivity contribution in [2.24, 2.45) is 7.05 Å². The molecule has 32 heavy (non-hydrogen) atoms. The number of hydrazine groups is 1. The highest BCUT2D eigenvalue weighted by Crippen LogP contribution is 2.17. The molecule has 2 rings (SSSR count). The summed E-state index contributed by atoms with van der Waals surface area (Å²) in [4.78, 5) is 37.9. The van der Waals surface area contributed by atoms with Crippen LogP contribution < -0.4 is 5.43 Å². The van der Waals surface area contributed by atoms with E-state index in [4.69, 9.17) is 9.47 Å². The van der Waals surface area contributed by atoms with Crippen LogP contribution in [-0.4, -0.2) is 38.7 Å². The van der Waals surface area contributed by atoms with Crippen molar-refractivity contribution in [2.75, 3.05) is 0 Å². The Morgan fingerprint density at radius 2 is 1.47 bits per heavy atom. The maximum atomic E-state index is 12.9. The lowest BCUT2D eigenvalue weighted by molar-refractivity contribution is -0.00109. The monoisotopic (exact) mass is 443 g/mol. The van der Waals surface area contributed by atoms with Crippen LogP contribution in [0.2, 0.25) is 0 Å². The predicted molar refractivity (Wildman–Crippen MR) is 121 cm³/mol. The quantitative estimate of drug-likeness (QED) is 0.544. The van der Waals surface area contributed by atoms with Gasteiger partial charge in [0.15, 0.2) is 0 Å². The van der Waals surface area contributed by atoms with Crippen molar-refractivity contribution in [2.45, 2.75) is 66.2 Å². The molecule has 0 radical (unpaired) electrons. The van der Waals surface area contributed by atoms with Gasteiger partial charge in [0.05, 0.1) is 12.2 Å². The van der Waals surface area contributed by atoms with Crippen molar-refractivity contribution in [3.63, 3.8) is 0 Å². The highest BCUT2D eigenvalue weighted by atomic mass is 16.6. The van der Waals surface area contributed by atoms with E-state index in [1.807, 2.05) is 19.1 Å². The molecule has 1 aromatic heterocycles. The molecular formula is C24H33N3O5. The van der Waals surface area contributed by atoms with E-state index in [0.717, 1.165) is 10.6 Å². The first-order chi connectivity index (χ1) is 14.7. The molecule has 0 saturated heterocycles. The van der Waals surface area contributed by atoms with Crippen LogP contribution in [0.1, 0.15) is 68.9 Å². The zero-order chi connectivity index (χ0) is 24.3. The van der Waals surface area contributed by atoms with Crippen LogP contribution in [0.25, 0.3) is 0 Å².